The van der Waals surface area contributed by atoms with Crippen molar-refractivity contribution < 1.29 is 4.79 Å². The number of hydrogen-bond acceptors (Lipinski definition) is 2. The molecule has 0 heterocycles. The molecular formula is C5H11Cl2NO. The normalized spacial score (nSPS) is 8.89. The first-order chi connectivity index (χ1) is 3.63. The van der Waals surface area contributed by atoms with E-state index >= 15 is 0 Å². The Bertz CT molecular complexity index is 85.0. The second-order valence-electron chi connectivity index (χ2n) is 1.91. The van der Waals surface area contributed by atoms with Gasteiger partial charge in [0.25, 0.3) is 0 Å². The Morgan fingerprint density at radius 3 is 2.11 bits per heavy atom. The van der Waals surface area contributed by atoms with Gasteiger partial charge in [0.15, 0.2) is 0 Å². The van der Waals surface area contributed by atoms with Gasteiger partial charge in [-0.2, -0.15) is 0 Å². The maximum atomic E-state index is 10.1. The summed E-state index contributed by atoms with van der Waals surface area (Å²) in [5.74, 6) is 0. The molecule has 0 aromatic rings. The van der Waals surface area contributed by atoms with Crippen molar-refractivity contribution in [3.05, 3.63) is 0 Å². The fraction of sp³-hybridized carbons (Fsp3) is 0.800. The SMILES string of the molecule is CN(C)CCC(=O)Cl.Cl. The Balaban J connectivity index is 0. The van der Waals surface area contributed by atoms with E-state index in [0.717, 1.165) is 6.54 Å². The molecule has 56 valence electrons. The quantitative estimate of drug-likeness (QED) is 0.594. The van der Waals surface area contributed by atoms with Gasteiger partial charge in [0.1, 0.15) is 0 Å². The highest BCUT2D eigenvalue weighted by Gasteiger charge is 1.94. The summed E-state index contributed by atoms with van der Waals surface area (Å²) in [6.07, 6.45) is 0.439. The predicted octanol–water partition coefficient (Wildman–Crippen LogP) is 1.13. The van der Waals surface area contributed by atoms with Crippen molar-refractivity contribution >= 4 is 29.3 Å². The zero-order valence-electron chi connectivity index (χ0n) is 5.56. The first-order valence-corrected chi connectivity index (χ1v) is 2.84. The van der Waals surface area contributed by atoms with Crippen LogP contribution < -0.4 is 0 Å². The first-order valence-electron chi connectivity index (χ1n) is 2.46. The van der Waals surface area contributed by atoms with E-state index in [1.54, 1.807) is 0 Å². The molecule has 0 atom stereocenters. The number of carbonyl (C=O) groups is 1. The second kappa shape index (κ2) is 6.33. The van der Waals surface area contributed by atoms with Crippen LogP contribution in [0.3, 0.4) is 0 Å². The smallest absolute Gasteiger partial charge is 0.222 e. The summed E-state index contributed by atoms with van der Waals surface area (Å²) in [6.45, 7) is 0.738. The molecule has 0 aliphatic rings. The third-order valence-corrected chi connectivity index (χ3v) is 0.945. The summed E-state index contributed by atoms with van der Waals surface area (Å²) in [5.41, 5.74) is 0. The van der Waals surface area contributed by atoms with Crippen molar-refractivity contribution in [3.63, 3.8) is 0 Å². The number of hydrogen-bond donors (Lipinski definition) is 0. The highest BCUT2D eigenvalue weighted by atomic mass is 35.5. The molecule has 0 aromatic carbocycles. The molecule has 0 aliphatic carbocycles. The van der Waals surface area contributed by atoms with Crippen LogP contribution in [0, 0.1) is 0 Å². The molecule has 0 saturated heterocycles. The van der Waals surface area contributed by atoms with E-state index < -0.39 is 0 Å². The van der Waals surface area contributed by atoms with Crippen LogP contribution >= 0.6 is 24.0 Å². The molecular weight excluding hydrogens is 161 g/mol. The number of nitrogens with zero attached hydrogens (tertiary/aromatic N) is 1. The highest BCUT2D eigenvalue weighted by Crippen LogP contribution is 1.88. The van der Waals surface area contributed by atoms with Crippen molar-refractivity contribution in [2.75, 3.05) is 20.6 Å². The van der Waals surface area contributed by atoms with Gasteiger partial charge >= 0.3 is 0 Å². The second-order valence-corrected chi connectivity index (χ2v) is 2.33. The van der Waals surface area contributed by atoms with E-state index in [1.807, 2.05) is 19.0 Å². The molecule has 0 N–H and O–H groups in total. The van der Waals surface area contributed by atoms with Gasteiger partial charge < -0.3 is 4.90 Å². The van der Waals surface area contributed by atoms with Gasteiger partial charge in [0.05, 0.1) is 0 Å². The van der Waals surface area contributed by atoms with Crippen molar-refractivity contribution in [2.45, 2.75) is 6.42 Å². The number of rotatable bonds is 3. The summed E-state index contributed by atoms with van der Waals surface area (Å²) in [7, 11) is 3.81. The predicted molar refractivity (Wildman–Crippen MR) is 41.3 cm³/mol. The molecule has 4 heteroatoms. The molecule has 0 saturated carbocycles. The number of halogens is 2. The van der Waals surface area contributed by atoms with Crippen molar-refractivity contribution in [3.8, 4) is 0 Å². The van der Waals surface area contributed by atoms with Crippen LogP contribution in [0.25, 0.3) is 0 Å². The van der Waals surface area contributed by atoms with Gasteiger partial charge in [0.2, 0.25) is 5.24 Å². The fourth-order valence-electron chi connectivity index (χ4n) is 0.312. The minimum atomic E-state index is -0.265. The minimum Gasteiger partial charge on any atom is -0.309 e. The maximum Gasteiger partial charge on any atom is 0.222 e. The zero-order valence-corrected chi connectivity index (χ0v) is 7.13. The first kappa shape index (κ1) is 11.9. The van der Waals surface area contributed by atoms with Crippen molar-refractivity contribution in [1.82, 2.24) is 4.90 Å². The molecule has 0 fully saturated rings. The van der Waals surface area contributed by atoms with Crippen LogP contribution in [0.15, 0.2) is 0 Å². The molecule has 0 spiro atoms. The Kier molecular flexibility index (Phi) is 8.40. The van der Waals surface area contributed by atoms with Crippen molar-refractivity contribution in [1.29, 1.82) is 0 Å². The lowest BCUT2D eigenvalue weighted by molar-refractivity contribution is -0.111. The van der Waals surface area contributed by atoms with Crippen LogP contribution in [-0.2, 0) is 4.79 Å². The lowest BCUT2D eigenvalue weighted by atomic mass is 10.4. The van der Waals surface area contributed by atoms with E-state index in [1.165, 1.54) is 0 Å². The lowest BCUT2D eigenvalue weighted by Gasteiger charge is -2.04. The molecule has 2 nitrogen and oxygen atoms in total. The average molecular weight is 172 g/mol. The third kappa shape index (κ3) is 11.7. The molecule has 0 aliphatic heterocycles. The van der Waals surface area contributed by atoms with Crippen LogP contribution in [-0.4, -0.2) is 30.8 Å². The average Bonchev–Trinajstić information content (AvgIpc) is 1.61. The van der Waals surface area contributed by atoms with E-state index in [0.29, 0.717) is 6.42 Å². The summed E-state index contributed by atoms with van der Waals surface area (Å²) < 4.78 is 0. The van der Waals surface area contributed by atoms with E-state index in [9.17, 15) is 4.79 Å². The summed E-state index contributed by atoms with van der Waals surface area (Å²) >= 11 is 5.06. The van der Waals surface area contributed by atoms with Crippen molar-refractivity contribution in [2.24, 2.45) is 0 Å². The molecule has 0 unspecified atom stereocenters. The Hall–Kier alpha value is 0.210. The third-order valence-electron chi connectivity index (χ3n) is 0.756. The molecule has 0 radical (unpaired) electrons. The van der Waals surface area contributed by atoms with E-state index in [4.69, 9.17) is 11.6 Å². The van der Waals surface area contributed by atoms with Gasteiger partial charge in [-0.3, -0.25) is 4.79 Å². The maximum absolute atomic E-state index is 10.1. The van der Waals surface area contributed by atoms with Crippen LogP contribution in [0.5, 0.6) is 0 Å². The molecule has 9 heavy (non-hydrogen) atoms. The lowest BCUT2D eigenvalue weighted by Crippen LogP contribution is -2.14. The van der Waals surface area contributed by atoms with Gasteiger partial charge in [-0.25, -0.2) is 0 Å². The van der Waals surface area contributed by atoms with E-state index in [2.05, 4.69) is 0 Å². The van der Waals surface area contributed by atoms with Crippen LogP contribution in [0.2, 0.25) is 0 Å². The summed E-state index contributed by atoms with van der Waals surface area (Å²) in [6, 6.07) is 0. The highest BCUT2D eigenvalue weighted by molar-refractivity contribution is 6.63. The number of carbonyl (C=O) groups excluding carboxylic acids is 1. The Morgan fingerprint density at radius 1 is 1.56 bits per heavy atom. The Morgan fingerprint density at radius 2 is 2.00 bits per heavy atom. The molecule has 0 aromatic heterocycles. The molecule has 0 amide bonds. The van der Waals surface area contributed by atoms with Gasteiger partial charge in [-0.05, 0) is 25.7 Å². The monoisotopic (exact) mass is 171 g/mol. The summed E-state index contributed by atoms with van der Waals surface area (Å²) in [5, 5.41) is -0.265. The van der Waals surface area contributed by atoms with Crippen LogP contribution in [0.1, 0.15) is 6.42 Å². The zero-order chi connectivity index (χ0) is 6.57. The van der Waals surface area contributed by atoms with Crippen LogP contribution in [0.4, 0.5) is 0 Å². The topological polar surface area (TPSA) is 20.3 Å². The minimum absolute atomic E-state index is 0. The fourth-order valence-corrected chi connectivity index (χ4v) is 0.396. The molecule has 0 bridgehead atoms. The van der Waals surface area contributed by atoms with Gasteiger partial charge in [0, 0.05) is 13.0 Å². The Labute approximate surface area is 66.6 Å². The molecule has 0 rings (SSSR count). The van der Waals surface area contributed by atoms with Gasteiger partial charge in [-0.15, -0.1) is 12.4 Å². The van der Waals surface area contributed by atoms with E-state index in [-0.39, 0.29) is 17.6 Å². The standard InChI is InChI=1S/C5H10ClNO.ClH/c1-7(2)4-3-5(6)8;/h3-4H2,1-2H3;1H. The largest absolute Gasteiger partial charge is 0.309 e. The van der Waals surface area contributed by atoms with Gasteiger partial charge in [-0.1, -0.05) is 0 Å². The summed E-state index contributed by atoms with van der Waals surface area (Å²) in [4.78, 5) is 12.0.